The predicted molar refractivity (Wildman–Crippen MR) is 95.8 cm³/mol. The predicted octanol–water partition coefficient (Wildman–Crippen LogP) is 4.55. The normalized spacial score (nSPS) is 11.1. The lowest BCUT2D eigenvalue weighted by Gasteiger charge is -2.04. The third-order valence-corrected chi connectivity index (χ3v) is 3.79. The molecule has 1 N–H and O–H groups in total. The van der Waals surface area contributed by atoms with Gasteiger partial charge in [0.15, 0.2) is 0 Å². The van der Waals surface area contributed by atoms with Crippen LogP contribution in [0, 0.1) is 17.0 Å². The summed E-state index contributed by atoms with van der Waals surface area (Å²) >= 11 is 6.20. The van der Waals surface area contributed by atoms with Crippen LogP contribution in [0.5, 0.6) is 0 Å². The van der Waals surface area contributed by atoms with E-state index in [4.69, 9.17) is 11.6 Å². The number of hydrogen-bond acceptors (Lipinski definition) is 5. The summed E-state index contributed by atoms with van der Waals surface area (Å²) in [5.41, 5.74) is 5.83. The van der Waals surface area contributed by atoms with Crippen molar-refractivity contribution in [3.63, 3.8) is 0 Å². The van der Waals surface area contributed by atoms with Crippen molar-refractivity contribution < 1.29 is 4.92 Å². The van der Waals surface area contributed by atoms with Gasteiger partial charge < -0.3 is 0 Å². The summed E-state index contributed by atoms with van der Waals surface area (Å²) < 4.78 is 0. The van der Waals surface area contributed by atoms with Gasteiger partial charge in [-0.25, -0.2) is 4.98 Å². The molecule has 2 aromatic carbocycles. The number of fused-ring (bicyclic) bond motifs is 1. The van der Waals surface area contributed by atoms with Crippen molar-refractivity contribution in [1.82, 2.24) is 4.98 Å². The second-order valence-electron chi connectivity index (χ2n) is 5.19. The van der Waals surface area contributed by atoms with Crippen LogP contribution in [0.2, 0.25) is 5.15 Å². The van der Waals surface area contributed by atoms with Crippen LogP contribution < -0.4 is 5.43 Å². The molecule has 0 unspecified atom stereocenters. The number of nitro benzene ring substituents is 1. The summed E-state index contributed by atoms with van der Waals surface area (Å²) in [6.45, 7) is 1.98. The van der Waals surface area contributed by atoms with Gasteiger partial charge in [-0.3, -0.25) is 15.5 Å². The van der Waals surface area contributed by atoms with E-state index >= 15 is 0 Å². The molecule has 3 aromatic rings. The molecular weight excluding hydrogens is 328 g/mol. The number of rotatable bonds is 4. The zero-order valence-corrected chi connectivity index (χ0v) is 13.5. The smallest absolute Gasteiger partial charge is 0.271 e. The summed E-state index contributed by atoms with van der Waals surface area (Å²) in [6.07, 6.45) is 1.54. The highest BCUT2D eigenvalue weighted by molar-refractivity contribution is 6.32. The molecule has 0 fully saturated rings. The number of hydrazone groups is 1. The Hall–Kier alpha value is -2.99. The number of hydrogen-bond donors (Lipinski definition) is 1. The number of non-ortho nitro benzene ring substituents is 1. The van der Waals surface area contributed by atoms with Gasteiger partial charge in [-0.1, -0.05) is 35.9 Å². The second-order valence-corrected chi connectivity index (χ2v) is 5.55. The molecule has 1 aromatic heterocycles. The standard InChI is InChI=1S/C17H13ClN4O2/c1-11-4-2-5-12-8-13(17(18)20-16(11)12)10-19-21-14-6-3-7-15(9-14)22(23)24/h2-10,21H,1H3/b19-10-. The van der Waals surface area contributed by atoms with E-state index in [9.17, 15) is 10.1 Å². The number of anilines is 1. The first-order valence-electron chi connectivity index (χ1n) is 7.14. The van der Waals surface area contributed by atoms with Gasteiger partial charge in [0.25, 0.3) is 5.69 Å². The molecule has 0 aliphatic rings. The number of nitrogens with zero attached hydrogens (tertiary/aromatic N) is 3. The minimum atomic E-state index is -0.457. The Morgan fingerprint density at radius 3 is 2.83 bits per heavy atom. The molecule has 120 valence electrons. The van der Waals surface area contributed by atoms with Gasteiger partial charge >= 0.3 is 0 Å². The van der Waals surface area contributed by atoms with E-state index in [1.165, 1.54) is 18.3 Å². The summed E-state index contributed by atoms with van der Waals surface area (Å²) in [7, 11) is 0. The van der Waals surface area contributed by atoms with Crippen molar-refractivity contribution in [2.45, 2.75) is 6.92 Å². The average Bonchev–Trinajstić information content (AvgIpc) is 2.56. The Morgan fingerprint density at radius 1 is 1.25 bits per heavy atom. The van der Waals surface area contributed by atoms with Crippen LogP contribution in [0.3, 0.4) is 0 Å². The minimum absolute atomic E-state index is 0.00363. The maximum atomic E-state index is 10.8. The van der Waals surface area contributed by atoms with Crippen LogP contribution in [-0.2, 0) is 0 Å². The number of halogens is 1. The molecule has 0 saturated carbocycles. The molecule has 6 nitrogen and oxygen atoms in total. The van der Waals surface area contributed by atoms with E-state index in [1.54, 1.807) is 12.1 Å². The summed E-state index contributed by atoms with van der Waals surface area (Å²) in [6, 6.07) is 13.9. The Morgan fingerprint density at radius 2 is 2.04 bits per heavy atom. The topological polar surface area (TPSA) is 80.4 Å². The largest absolute Gasteiger partial charge is 0.278 e. The van der Waals surface area contributed by atoms with E-state index in [0.29, 0.717) is 16.4 Å². The molecule has 7 heteroatoms. The van der Waals surface area contributed by atoms with Gasteiger partial charge in [0.05, 0.1) is 22.3 Å². The minimum Gasteiger partial charge on any atom is -0.278 e. The zero-order chi connectivity index (χ0) is 17.1. The Labute approximate surface area is 142 Å². The quantitative estimate of drug-likeness (QED) is 0.327. The van der Waals surface area contributed by atoms with E-state index in [0.717, 1.165) is 16.5 Å². The van der Waals surface area contributed by atoms with Crippen LogP contribution >= 0.6 is 11.6 Å². The Kier molecular flexibility index (Phi) is 4.39. The third kappa shape index (κ3) is 3.33. The fourth-order valence-corrected chi connectivity index (χ4v) is 2.48. The lowest BCUT2D eigenvalue weighted by molar-refractivity contribution is -0.384. The molecule has 0 aliphatic carbocycles. The molecule has 0 spiro atoms. The molecule has 0 radical (unpaired) electrons. The highest BCUT2D eigenvalue weighted by Gasteiger charge is 2.06. The fraction of sp³-hybridized carbons (Fsp3) is 0.0588. The van der Waals surface area contributed by atoms with E-state index < -0.39 is 4.92 Å². The van der Waals surface area contributed by atoms with Gasteiger partial charge in [-0.15, -0.1) is 0 Å². The molecule has 24 heavy (non-hydrogen) atoms. The molecule has 3 rings (SSSR count). The van der Waals surface area contributed by atoms with Crippen molar-refractivity contribution in [3.05, 3.63) is 74.9 Å². The fourth-order valence-electron chi connectivity index (χ4n) is 2.30. The summed E-state index contributed by atoms with van der Waals surface area (Å²) in [4.78, 5) is 14.7. The molecule has 0 bridgehead atoms. The van der Waals surface area contributed by atoms with Crippen molar-refractivity contribution >= 4 is 40.1 Å². The van der Waals surface area contributed by atoms with Crippen LogP contribution in [-0.4, -0.2) is 16.1 Å². The number of aromatic nitrogens is 1. The number of nitro groups is 1. The lowest BCUT2D eigenvalue weighted by atomic mass is 10.1. The molecular formula is C17H13ClN4O2. The number of nitrogens with one attached hydrogen (secondary N) is 1. The van der Waals surface area contributed by atoms with Crippen molar-refractivity contribution in [3.8, 4) is 0 Å². The molecule has 0 atom stereocenters. The zero-order valence-electron chi connectivity index (χ0n) is 12.7. The molecule has 0 amide bonds. The van der Waals surface area contributed by atoms with Gasteiger partial charge in [0.2, 0.25) is 0 Å². The number of aryl methyl sites for hydroxylation is 1. The summed E-state index contributed by atoms with van der Waals surface area (Å²) in [5, 5.41) is 16.2. The van der Waals surface area contributed by atoms with Gasteiger partial charge in [-0.2, -0.15) is 5.10 Å². The highest BCUT2D eigenvalue weighted by atomic mass is 35.5. The molecule has 1 heterocycles. The van der Waals surface area contributed by atoms with E-state index in [-0.39, 0.29) is 5.69 Å². The molecule has 0 saturated heterocycles. The first-order chi connectivity index (χ1) is 11.5. The Balaban J connectivity index is 1.84. The highest BCUT2D eigenvalue weighted by Crippen LogP contribution is 2.22. The van der Waals surface area contributed by atoms with E-state index in [2.05, 4.69) is 15.5 Å². The van der Waals surface area contributed by atoms with Gasteiger partial charge in [-0.05, 0) is 24.6 Å². The monoisotopic (exact) mass is 340 g/mol. The second kappa shape index (κ2) is 6.64. The summed E-state index contributed by atoms with van der Waals surface area (Å²) in [5.74, 6) is 0. The maximum Gasteiger partial charge on any atom is 0.271 e. The van der Waals surface area contributed by atoms with Crippen LogP contribution in [0.15, 0.2) is 53.6 Å². The van der Waals surface area contributed by atoms with Crippen LogP contribution in [0.1, 0.15) is 11.1 Å². The maximum absolute atomic E-state index is 10.8. The van der Waals surface area contributed by atoms with Crippen molar-refractivity contribution in [2.24, 2.45) is 5.10 Å². The third-order valence-electron chi connectivity index (χ3n) is 3.48. The van der Waals surface area contributed by atoms with Crippen LogP contribution in [0.4, 0.5) is 11.4 Å². The van der Waals surface area contributed by atoms with Gasteiger partial charge in [0, 0.05) is 23.1 Å². The number of para-hydroxylation sites is 1. The SMILES string of the molecule is Cc1cccc2cc(/C=N\Nc3cccc([N+](=O)[O-])c3)c(Cl)nc12. The first kappa shape index (κ1) is 15.9. The van der Waals surface area contributed by atoms with Gasteiger partial charge in [0.1, 0.15) is 5.15 Å². The van der Waals surface area contributed by atoms with E-state index in [1.807, 2.05) is 31.2 Å². The average molecular weight is 341 g/mol. The number of pyridine rings is 1. The first-order valence-corrected chi connectivity index (χ1v) is 7.52. The lowest BCUT2D eigenvalue weighted by Crippen LogP contribution is -1.95. The molecule has 0 aliphatic heterocycles. The number of benzene rings is 2. The van der Waals surface area contributed by atoms with Crippen LogP contribution in [0.25, 0.3) is 10.9 Å². The van der Waals surface area contributed by atoms with Crippen molar-refractivity contribution in [2.75, 3.05) is 5.43 Å². The Bertz CT molecular complexity index is 956. The van der Waals surface area contributed by atoms with Crippen molar-refractivity contribution in [1.29, 1.82) is 0 Å².